The molecule has 0 saturated carbocycles. The zero-order valence-electron chi connectivity index (χ0n) is 12.9. The van der Waals surface area contributed by atoms with E-state index in [1.807, 2.05) is 28.8 Å². The van der Waals surface area contributed by atoms with E-state index < -0.39 is 12.2 Å². The molecule has 0 aliphatic carbocycles. The molecule has 24 heavy (non-hydrogen) atoms. The van der Waals surface area contributed by atoms with Crippen molar-refractivity contribution < 1.29 is 14.3 Å². The van der Waals surface area contributed by atoms with E-state index in [0.29, 0.717) is 18.7 Å². The largest absolute Gasteiger partial charge is 0.444 e. The molecule has 2 aromatic rings. The molecule has 0 radical (unpaired) electrons. The Morgan fingerprint density at radius 3 is 3.04 bits per heavy atom. The average molecular weight is 325 g/mol. The number of azide groups is 1. The van der Waals surface area contributed by atoms with Gasteiger partial charge < -0.3 is 9.30 Å². The predicted octanol–water partition coefficient (Wildman–Crippen LogP) is 3.25. The number of hydrogen-bond donors (Lipinski definition) is 0. The van der Waals surface area contributed by atoms with Crippen LogP contribution in [0.15, 0.2) is 29.4 Å². The topological polar surface area (TPSA) is 100 Å². The molecule has 1 amide bonds. The lowest BCUT2D eigenvalue weighted by Crippen LogP contribution is -2.25. The number of hydrogen-bond acceptors (Lipinski definition) is 4. The summed E-state index contributed by atoms with van der Waals surface area (Å²) in [7, 11) is 0. The minimum Gasteiger partial charge on any atom is -0.444 e. The van der Waals surface area contributed by atoms with Crippen LogP contribution in [-0.4, -0.2) is 35.6 Å². The molecule has 0 bridgehead atoms. The summed E-state index contributed by atoms with van der Waals surface area (Å²) >= 11 is 0. The number of Topliss-reactive ketones (excluding diaryl/α,β-unsaturated/α-hetero) is 1. The number of rotatable bonds is 3. The summed E-state index contributed by atoms with van der Waals surface area (Å²) in [5, 5.41) is 4.39. The molecule has 1 atom stereocenters. The highest BCUT2D eigenvalue weighted by molar-refractivity contribution is 6.02. The van der Waals surface area contributed by atoms with Crippen molar-refractivity contribution in [2.24, 2.45) is 5.11 Å². The lowest BCUT2D eigenvalue weighted by molar-refractivity contribution is 0.0956. The van der Waals surface area contributed by atoms with E-state index in [9.17, 15) is 9.59 Å². The SMILES string of the molecule is [N-]=[N+]=NC[C@H]1CN(c2ccc3c(c2)cc2n3CCCC2=O)C(=O)O1. The van der Waals surface area contributed by atoms with Gasteiger partial charge in [-0.15, -0.1) is 0 Å². The maximum Gasteiger partial charge on any atom is 0.414 e. The predicted molar refractivity (Wildman–Crippen MR) is 87.1 cm³/mol. The Morgan fingerprint density at radius 2 is 2.21 bits per heavy atom. The molecule has 1 fully saturated rings. The second kappa shape index (κ2) is 5.58. The van der Waals surface area contributed by atoms with E-state index in [2.05, 4.69) is 10.0 Å². The summed E-state index contributed by atoms with van der Waals surface area (Å²) in [5.41, 5.74) is 10.8. The third-order valence-electron chi connectivity index (χ3n) is 4.49. The number of anilines is 1. The maximum atomic E-state index is 12.0. The van der Waals surface area contributed by atoms with Crippen LogP contribution >= 0.6 is 0 Å². The first-order valence-corrected chi connectivity index (χ1v) is 7.83. The lowest BCUT2D eigenvalue weighted by atomic mass is 10.1. The molecule has 3 heterocycles. The van der Waals surface area contributed by atoms with Crippen molar-refractivity contribution in [2.75, 3.05) is 18.0 Å². The van der Waals surface area contributed by atoms with Gasteiger partial charge in [0.1, 0.15) is 6.10 Å². The van der Waals surface area contributed by atoms with Gasteiger partial charge in [0.05, 0.1) is 18.8 Å². The molecule has 1 aromatic carbocycles. The Hall–Kier alpha value is -2.99. The van der Waals surface area contributed by atoms with Gasteiger partial charge in [-0.25, -0.2) is 4.79 Å². The number of aromatic nitrogens is 1. The first-order valence-electron chi connectivity index (χ1n) is 7.83. The van der Waals surface area contributed by atoms with Crippen LogP contribution in [0.5, 0.6) is 0 Å². The summed E-state index contributed by atoms with van der Waals surface area (Å²) in [4.78, 5) is 28.3. The fourth-order valence-electron chi connectivity index (χ4n) is 3.38. The fraction of sp³-hybridized carbons (Fsp3) is 0.375. The molecular weight excluding hydrogens is 310 g/mol. The number of ketones is 1. The molecule has 0 N–H and O–H groups in total. The van der Waals surface area contributed by atoms with Crippen molar-refractivity contribution in [3.8, 4) is 0 Å². The minimum absolute atomic E-state index is 0.121. The van der Waals surface area contributed by atoms with E-state index in [1.54, 1.807) is 0 Å². The third-order valence-corrected chi connectivity index (χ3v) is 4.49. The number of amides is 1. The summed E-state index contributed by atoms with van der Waals surface area (Å²) in [5.74, 6) is 0.161. The second-order valence-corrected chi connectivity index (χ2v) is 5.98. The van der Waals surface area contributed by atoms with E-state index in [-0.39, 0.29) is 12.3 Å². The van der Waals surface area contributed by atoms with Gasteiger partial charge in [0, 0.05) is 34.5 Å². The summed E-state index contributed by atoms with van der Waals surface area (Å²) < 4.78 is 7.24. The first-order chi connectivity index (χ1) is 11.7. The van der Waals surface area contributed by atoms with Gasteiger partial charge in [0.15, 0.2) is 5.78 Å². The normalized spacial score (nSPS) is 20.0. The van der Waals surface area contributed by atoms with E-state index in [0.717, 1.165) is 29.6 Å². The maximum absolute atomic E-state index is 12.0. The smallest absolute Gasteiger partial charge is 0.414 e. The summed E-state index contributed by atoms with van der Waals surface area (Å²) in [6, 6.07) is 7.57. The Labute approximate surface area is 137 Å². The highest BCUT2D eigenvalue weighted by Crippen LogP contribution is 2.30. The van der Waals surface area contributed by atoms with Crippen molar-refractivity contribution in [1.29, 1.82) is 0 Å². The number of cyclic esters (lactones) is 1. The highest BCUT2D eigenvalue weighted by atomic mass is 16.6. The number of carbonyl (C=O) groups is 2. The Balaban J connectivity index is 1.67. The van der Waals surface area contributed by atoms with Crippen LogP contribution in [0.1, 0.15) is 23.3 Å². The second-order valence-electron chi connectivity index (χ2n) is 5.98. The zero-order chi connectivity index (χ0) is 16.7. The van der Waals surface area contributed by atoms with Crippen molar-refractivity contribution in [3.05, 3.63) is 40.4 Å². The number of fused-ring (bicyclic) bond motifs is 3. The van der Waals surface area contributed by atoms with Crippen LogP contribution in [0.4, 0.5) is 10.5 Å². The van der Waals surface area contributed by atoms with Crippen LogP contribution in [0.25, 0.3) is 21.3 Å². The lowest BCUT2D eigenvalue weighted by Gasteiger charge is -2.15. The molecule has 0 unspecified atom stereocenters. The summed E-state index contributed by atoms with van der Waals surface area (Å²) in [6.45, 7) is 1.30. The first kappa shape index (κ1) is 14.6. The minimum atomic E-state index is -0.451. The Kier molecular flexibility index (Phi) is 3.39. The van der Waals surface area contributed by atoms with Gasteiger partial charge in [-0.05, 0) is 36.2 Å². The van der Waals surface area contributed by atoms with Crippen molar-refractivity contribution in [1.82, 2.24) is 4.57 Å². The number of ether oxygens (including phenoxy) is 1. The molecule has 2 aliphatic rings. The molecule has 122 valence electrons. The van der Waals surface area contributed by atoms with Crippen LogP contribution in [0, 0.1) is 0 Å². The van der Waals surface area contributed by atoms with Crippen molar-refractivity contribution in [3.63, 3.8) is 0 Å². The molecule has 0 spiro atoms. The number of nitrogens with zero attached hydrogens (tertiary/aromatic N) is 5. The summed E-state index contributed by atoms with van der Waals surface area (Å²) in [6.07, 6.45) is 0.556. The van der Waals surface area contributed by atoms with E-state index in [4.69, 9.17) is 10.3 Å². The highest BCUT2D eigenvalue weighted by Gasteiger charge is 2.32. The molecule has 1 saturated heterocycles. The van der Waals surface area contributed by atoms with Crippen LogP contribution in [-0.2, 0) is 11.3 Å². The van der Waals surface area contributed by atoms with Crippen LogP contribution in [0.2, 0.25) is 0 Å². The monoisotopic (exact) mass is 325 g/mol. The molecule has 8 nitrogen and oxygen atoms in total. The van der Waals surface area contributed by atoms with E-state index >= 15 is 0 Å². The fourth-order valence-corrected chi connectivity index (χ4v) is 3.38. The van der Waals surface area contributed by atoms with Gasteiger partial charge in [0.25, 0.3) is 0 Å². The quantitative estimate of drug-likeness (QED) is 0.492. The van der Waals surface area contributed by atoms with Crippen LogP contribution in [0.3, 0.4) is 0 Å². The number of benzene rings is 1. The number of carbonyl (C=O) groups excluding carboxylic acids is 2. The van der Waals surface area contributed by atoms with Crippen molar-refractivity contribution in [2.45, 2.75) is 25.5 Å². The molecule has 8 heteroatoms. The Morgan fingerprint density at radius 1 is 1.33 bits per heavy atom. The van der Waals surface area contributed by atoms with Gasteiger partial charge in [0.2, 0.25) is 0 Å². The zero-order valence-corrected chi connectivity index (χ0v) is 12.9. The Bertz CT molecular complexity index is 896. The molecule has 2 aliphatic heterocycles. The van der Waals surface area contributed by atoms with Gasteiger partial charge in [-0.3, -0.25) is 9.69 Å². The van der Waals surface area contributed by atoms with Gasteiger partial charge in [-0.1, -0.05) is 5.11 Å². The van der Waals surface area contributed by atoms with Crippen molar-refractivity contribution >= 4 is 28.5 Å². The molecule has 1 aromatic heterocycles. The standard InChI is InChI=1S/C16H15N5O3/c17-19-18-8-12-9-21(16(23)24-12)11-3-4-13-10(6-11)7-14-15(22)2-1-5-20(13)14/h3-4,6-7,12H,1-2,5,8-9H2/t12-/m0/s1. The average Bonchev–Trinajstić information content (AvgIpc) is 3.14. The number of aryl methyl sites for hydroxylation is 1. The molecule has 4 rings (SSSR count). The van der Waals surface area contributed by atoms with Crippen LogP contribution < -0.4 is 4.90 Å². The van der Waals surface area contributed by atoms with Gasteiger partial charge >= 0.3 is 6.09 Å². The van der Waals surface area contributed by atoms with Gasteiger partial charge in [-0.2, -0.15) is 0 Å². The van der Waals surface area contributed by atoms with E-state index in [1.165, 1.54) is 4.90 Å². The third kappa shape index (κ3) is 2.28. The molecular formula is C16H15N5O3.